The lowest BCUT2D eigenvalue weighted by Crippen LogP contribution is -2.51. The lowest BCUT2D eigenvalue weighted by Gasteiger charge is -2.37. The van der Waals surface area contributed by atoms with Gasteiger partial charge in [-0.3, -0.25) is 24.5 Å². The summed E-state index contributed by atoms with van der Waals surface area (Å²) in [4.78, 5) is 56.7. The van der Waals surface area contributed by atoms with Gasteiger partial charge in [0, 0.05) is 34.6 Å². The molecular formula is C33H22ClN3O5. The van der Waals surface area contributed by atoms with Gasteiger partial charge in [-0.15, -0.1) is 0 Å². The van der Waals surface area contributed by atoms with Crippen molar-refractivity contribution < 1.29 is 19.3 Å². The fraction of sp³-hybridized carbons (Fsp3) is 0.121. The number of halogens is 1. The average molecular weight is 576 g/mol. The Morgan fingerprint density at radius 1 is 0.905 bits per heavy atom. The minimum absolute atomic E-state index is 0.0701. The van der Waals surface area contributed by atoms with Crippen LogP contribution >= 0.6 is 11.6 Å². The molecule has 1 saturated heterocycles. The maximum absolute atomic E-state index is 14.8. The number of hydrogen-bond donors (Lipinski definition) is 1. The fourth-order valence-corrected chi connectivity index (χ4v) is 7.12. The Labute approximate surface area is 245 Å². The number of rotatable bonds is 5. The van der Waals surface area contributed by atoms with Crippen LogP contribution in [0.1, 0.15) is 31.8 Å². The number of amides is 1. The summed E-state index contributed by atoms with van der Waals surface area (Å²) >= 11 is 6.55. The number of hydrogen-bond acceptors (Lipinski definition) is 6. The Kier molecular flexibility index (Phi) is 5.85. The van der Waals surface area contributed by atoms with Gasteiger partial charge in [0.05, 0.1) is 21.9 Å². The molecule has 1 N–H and O–H groups in total. The SMILES string of the molecule is O=C(c1cccc([N+](=O)[O-])c1)[C@@H]1[C@H](C(=O)c2ccccc2Cl)[C@]2(C(=O)Nc3ccccc32)[C@@H]2C=Cc3ccccc3N12. The van der Waals surface area contributed by atoms with Crippen LogP contribution < -0.4 is 10.2 Å². The number of anilines is 2. The number of non-ortho nitro benzene ring substituents is 1. The molecule has 0 aliphatic carbocycles. The van der Waals surface area contributed by atoms with Crippen molar-refractivity contribution in [3.63, 3.8) is 0 Å². The molecule has 4 aromatic rings. The van der Waals surface area contributed by atoms with Gasteiger partial charge in [-0.2, -0.15) is 0 Å². The maximum atomic E-state index is 14.8. The average Bonchev–Trinajstić information content (AvgIpc) is 3.49. The van der Waals surface area contributed by atoms with Crippen molar-refractivity contribution in [3.8, 4) is 0 Å². The van der Waals surface area contributed by atoms with E-state index in [9.17, 15) is 24.5 Å². The third-order valence-corrected chi connectivity index (χ3v) is 8.90. The normalized spacial score (nSPS) is 23.2. The van der Waals surface area contributed by atoms with E-state index in [1.807, 2.05) is 47.4 Å². The summed E-state index contributed by atoms with van der Waals surface area (Å²) in [6.07, 6.45) is 3.78. The molecule has 9 heteroatoms. The first kappa shape index (κ1) is 25.9. The number of nitrogens with zero attached hydrogens (tertiary/aromatic N) is 2. The number of para-hydroxylation sites is 2. The van der Waals surface area contributed by atoms with Gasteiger partial charge in [0.1, 0.15) is 11.5 Å². The second-order valence-corrected chi connectivity index (χ2v) is 11.0. The molecule has 3 aliphatic heterocycles. The lowest BCUT2D eigenvalue weighted by atomic mass is 9.64. The van der Waals surface area contributed by atoms with E-state index >= 15 is 0 Å². The minimum Gasteiger partial charge on any atom is -0.352 e. The second kappa shape index (κ2) is 9.49. The van der Waals surface area contributed by atoms with E-state index in [1.54, 1.807) is 42.5 Å². The van der Waals surface area contributed by atoms with Crippen LogP contribution in [0.15, 0.2) is 103 Å². The molecule has 3 aliphatic rings. The van der Waals surface area contributed by atoms with Gasteiger partial charge in [0.25, 0.3) is 5.69 Å². The van der Waals surface area contributed by atoms with Crippen molar-refractivity contribution in [1.29, 1.82) is 0 Å². The van der Waals surface area contributed by atoms with Crippen LogP contribution in [0.4, 0.5) is 17.1 Å². The van der Waals surface area contributed by atoms with Crippen LogP contribution in [0.3, 0.4) is 0 Å². The molecule has 0 saturated carbocycles. The van der Waals surface area contributed by atoms with Crippen LogP contribution in [-0.4, -0.2) is 34.5 Å². The highest BCUT2D eigenvalue weighted by molar-refractivity contribution is 6.34. The number of benzene rings is 4. The molecule has 1 fully saturated rings. The molecule has 0 radical (unpaired) electrons. The topological polar surface area (TPSA) is 110 Å². The molecule has 7 rings (SSSR count). The highest BCUT2D eigenvalue weighted by Gasteiger charge is 2.70. The standard InChI is InChI=1S/C33H22ClN3O5/c34-24-13-4-2-11-22(24)31(39)28-29(30(38)20-9-7-10-21(18-20)37(41)42)36-26-15-6-1-8-19(26)16-17-27(36)33(28)23-12-3-5-14-25(23)35-32(33)40/h1-18,27-29H,(H,35,40)/t27-,28+,29-,33+/m0/s1. The molecule has 8 nitrogen and oxygen atoms in total. The largest absolute Gasteiger partial charge is 0.352 e. The monoisotopic (exact) mass is 575 g/mol. The summed E-state index contributed by atoms with van der Waals surface area (Å²) in [7, 11) is 0. The Balaban J connectivity index is 1.54. The van der Waals surface area contributed by atoms with Crippen molar-refractivity contribution in [2.45, 2.75) is 17.5 Å². The molecule has 3 heterocycles. The molecular weight excluding hydrogens is 554 g/mol. The smallest absolute Gasteiger partial charge is 0.270 e. The zero-order chi connectivity index (χ0) is 29.2. The third kappa shape index (κ3) is 3.51. The Morgan fingerprint density at radius 2 is 1.64 bits per heavy atom. The predicted octanol–water partition coefficient (Wildman–Crippen LogP) is 6.10. The summed E-state index contributed by atoms with van der Waals surface area (Å²) in [5, 5.41) is 14.8. The van der Waals surface area contributed by atoms with Gasteiger partial charge in [0.2, 0.25) is 5.91 Å². The summed E-state index contributed by atoms with van der Waals surface area (Å²) in [6, 6.07) is 24.8. The van der Waals surface area contributed by atoms with Gasteiger partial charge in [0.15, 0.2) is 11.6 Å². The van der Waals surface area contributed by atoms with Crippen molar-refractivity contribution in [2.75, 3.05) is 10.2 Å². The summed E-state index contributed by atoms with van der Waals surface area (Å²) in [5.74, 6) is -2.60. The van der Waals surface area contributed by atoms with E-state index < -0.39 is 45.8 Å². The van der Waals surface area contributed by atoms with Crippen LogP contribution in [0.5, 0.6) is 0 Å². The Morgan fingerprint density at radius 3 is 2.45 bits per heavy atom. The number of nitro groups is 1. The van der Waals surface area contributed by atoms with E-state index in [1.165, 1.54) is 24.3 Å². The van der Waals surface area contributed by atoms with Gasteiger partial charge in [-0.1, -0.05) is 84.4 Å². The van der Waals surface area contributed by atoms with E-state index in [4.69, 9.17) is 11.6 Å². The van der Waals surface area contributed by atoms with Gasteiger partial charge in [-0.25, -0.2) is 0 Å². The molecule has 1 amide bonds. The number of Topliss-reactive ketones (excluding diaryl/α,β-unsaturated/α-hetero) is 2. The summed E-state index contributed by atoms with van der Waals surface area (Å²) in [6.45, 7) is 0. The first-order valence-corrected chi connectivity index (χ1v) is 13.8. The molecule has 0 aromatic heterocycles. The molecule has 4 atom stereocenters. The number of nitrogens with one attached hydrogen (secondary N) is 1. The second-order valence-electron chi connectivity index (χ2n) is 10.6. The first-order chi connectivity index (χ1) is 20.3. The number of carbonyl (C=O) groups excluding carboxylic acids is 3. The first-order valence-electron chi connectivity index (χ1n) is 13.4. The molecule has 4 aromatic carbocycles. The van der Waals surface area contributed by atoms with Gasteiger partial charge in [-0.05, 0) is 35.4 Å². The van der Waals surface area contributed by atoms with Crippen LogP contribution in [0, 0.1) is 16.0 Å². The number of ketones is 2. The molecule has 1 spiro atoms. The van der Waals surface area contributed by atoms with E-state index in [-0.39, 0.29) is 21.8 Å². The molecule has 206 valence electrons. The van der Waals surface area contributed by atoms with E-state index in [2.05, 4.69) is 5.32 Å². The van der Waals surface area contributed by atoms with E-state index in [0.717, 1.165) is 5.56 Å². The molecule has 0 unspecified atom stereocenters. The van der Waals surface area contributed by atoms with Crippen LogP contribution in [0.25, 0.3) is 6.08 Å². The number of fused-ring (bicyclic) bond motifs is 6. The van der Waals surface area contributed by atoms with Crippen LogP contribution in [-0.2, 0) is 10.2 Å². The van der Waals surface area contributed by atoms with E-state index in [0.29, 0.717) is 16.9 Å². The number of carbonyl (C=O) groups is 3. The van der Waals surface area contributed by atoms with Crippen LogP contribution in [0.2, 0.25) is 5.02 Å². The Hall–Kier alpha value is -5.08. The number of nitro benzene ring substituents is 1. The Bertz CT molecular complexity index is 1870. The quantitative estimate of drug-likeness (QED) is 0.175. The zero-order valence-corrected chi connectivity index (χ0v) is 22.7. The maximum Gasteiger partial charge on any atom is 0.270 e. The summed E-state index contributed by atoms with van der Waals surface area (Å²) < 4.78 is 0. The van der Waals surface area contributed by atoms with Crippen molar-refractivity contribution in [1.82, 2.24) is 0 Å². The molecule has 0 bridgehead atoms. The highest BCUT2D eigenvalue weighted by atomic mass is 35.5. The minimum atomic E-state index is -1.50. The predicted molar refractivity (Wildman–Crippen MR) is 159 cm³/mol. The zero-order valence-electron chi connectivity index (χ0n) is 21.9. The fourth-order valence-electron chi connectivity index (χ4n) is 6.89. The highest BCUT2D eigenvalue weighted by Crippen LogP contribution is 2.58. The van der Waals surface area contributed by atoms with Crippen molar-refractivity contribution in [3.05, 3.63) is 141 Å². The molecule has 42 heavy (non-hydrogen) atoms. The van der Waals surface area contributed by atoms with Crippen molar-refractivity contribution in [2.24, 2.45) is 5.92 Å². The summed E-state index contributed by atoms with van der Waals surface area (Å²) in [5.41, 5.74) is 1.18. The van der Waals surface area contributed by atoms with Gasteiger partial charge < -0.3 is 10.2 Å². The third-order valence-electron chi connectivity index (χ3n) is 8.57. The van der Waals surface area contributed by atoms with Crippen molar-refractivity contribution >= 4 is 52.2 Å². The lowest BCUT2D eigenvalue weighted by molar-refractivity contribution is -0.384. The van der Waals surface area contributed by atoms with Gasteiger partial charge >= 0.3 is 0 Å².